The first-order chi connectivity index (χ1) is 7.84. The van der Waals surface area contributed by atoms with Crippen LogP contribution in [0, 0.1) is 5.92 Å². The van der Waals surface area contributed by atoms with Crippen LogP contribution in [0.2, 0.25) is 0 Å². The summed E-state index contributed by atoms with van der Waals surface area (Å²) in [5.74, 6) is 0.813. The number of ether oxygens (including phenoxy) is 1. The molecular weight excluding hydrogens is 200 g/mol. The second-order valence-electron chi connectivity index (χ2n) is 4.58. The van der Waals surface area contributed by atoms with Crippen molar-refractivity contribution in [3.8, 4) is 0 Å². The van der Waals surface area contributed by atoms with Crippen molar-refractivity contribution in [1.82, 2.24) is 4.98 Å². The van der Waals surface area contributed by atoms with E-state index < -0.39 is 0 Å². The van der Waals surface area contributed by atoms with Gasteiger partial charge in [-0.3, -0.25) is 4.98 Å². The van der Waals surface area contributed by atoms with E-state index in [1.165, 1.54) is 19.3 Å². The molecule has 0 saturated carbocycles. The second-order valence-corrected chi connectivity index (χ2v) is 4.58. The van der Waals surface area contributed by atoms with Crippen molar-refractivity contribution in [3.05, 3.63) is 24.5 Å². The smallest absolute Gasteiger partial charge is 0.0528 e. The van der Waals surface area contributed by atoms with Crippen molar-refractivity contribution in [2.24, 2.45) is 5.92 Å². The van der Waals surface area contributed by atoms with E-state index in [1.807, 2.05) is 12.3 Å². The molecule has 0 spiro atoms. The average Bonchev–Trinajstić information content (AvgIpc) is 2.31. The first-order valence-electron chi connectivity index (χ1n) is 6.09. The zero-order chi connectivity index (χ0) is 11.2. The molecule has 1 fully saturated rings. The lowest BCUT2D eigenvalue weighted by Crippen LogP contribution is -2.24. The summed E-state index contributed by atoms with van der Waals surface area (Å²) >= 11 is 0. The maximum atomic E-state index is 5.37. The van der Waals surface area contributed by atoms with Crippen molar-refractivity contribution >= 4 is 5.69 Å². The van der Waals surface area contributed by atoms with Crippen LogP contribution in [0.3, 0.4) is 0 Å². The highest BCUT2D eigenvalue weighted by Crippen LogP contribution is 2.21. The van der Waals surface area contributed by atoms with Gasteiger partial charge in [-0.05, 0) is 44.2 Å². The number of nitrogens with zero attached hydrogens (tertiary/aromatic N) is 1. The zero-order valence-corrected chi connectivity index (χ0v) is 9.86. The van der Waals surface area contributed by atoms with Crippen LogP contribution >= 0.6 is 0 Å². The summed E-state index contributed by atoms with van der Waals surface area (Å²) in [5.41, 5.74) is 1.11. The van der Waals surface area contributed by atoms with E-state index >= 15 is 0 Å². The quantitative estimate of drug-likeness (QED) is 0.847. The third-order valence-corrected chi connectivity index (χ3v) is 3.10. The summed E-state index contributed by atoms with van der Waals surface area (Å²) < 4.78 is 5.37. The summed E-state index contributed by atoms with van der Waals surface area (Å²) in [6, 6.07) is 4.53. The van der Waals surface area contributed by atoms with Crippen LogP contribution in [0.25, 0.3) is 0 Å². The summed E-state index contributed by atoms with van der Waals surface area (Å²) in [6.07, 6.45) is 7.31. The second kappa shape index (κ2) is 5.85. The predicted molar refractivity (Wildman–Crippen MR) is 65.5 cm³/mol. The molecular formula is C13H20N2O. The maximum absolute atomic E-state index is 5.37. The zero-order valence-electron chi connectivity index (χ0n) is 9.86. The van der Waals surface area contributed by atoms with Gasteiger partial charge in [0.2, 0.25) is 0 Å². The third kappa shape index (κ3) is 3.49. The van der Waals surface area contributed by atoms with Gasteiger partial charge < -0.3 is 10.1 Å². The highest BCUT2D eigenvalue weighted by atomic mass is 16.5. The van der Waals surface area contributed by atoms with Crippen molar-refractivity contribution in [3.63, 3.8) is 0 Å². The van der Waals surface area contributed by atoms with Crippen LogP contribution < -0.4 is 5.32 Å². The molecule has 1 unspecified atom stereocenters. The van der Waals surface area contributed by atoms with Gasteiger partial charge in [0, 0.05) is 31.6 Å². The number of anilines is 1. The van der Waals surface area contributed by atoms with Gasteiger partial charge in [-0.15, -0.1) is 0 Å². The van der Waals surface area contributed by atoms with Gasteiger partial charge in [0.15, 0.2) is 0 Å². The molecule has 1 N–H and O–H groups in total. The maximum Gasteiger partial charge on any atom is 0.0528 e. The molecule has 1 aliphatic heterocycles. The molecule has 2 rings (SSSR count). The highest BCUT2D eigenvalue weighted by Gasteiger charge is 2.16. The molecule has 16 heavy (non-hydrogen) atoms. The van der Waals surface area contributed by atoms with Crippen LogP contribution in [-0.4, -0.2) is 24.2 Å². The lowest BCUT2D eigenvalue weighted by Gasteiger charge is -2.25. The van der Waals surface area contributed by atoms with E-state index in [2.05, 4.69) is 23.3 Å². The molecule has 1 aromatic rings. The fraction of sp³-hybridized carbons (Fsp3) is 0.615. The van der Waals surface area contributed by atoms with Crippen molar-refractivity contribution in [2.75, 3.05) is 18.5 Å². The fourth-order valence-corrected chi connectivity index (χ4v) is 2.27. The number of hydrogen-bond donors (Lipinski definition) is 1. The summed E-state index contributed by atoms with van der Waals surface area (Å²) in [6.45, 7) is 4.11. The van der Waals surface area contributed by atoms with Gasteiger partial charge in [-0.1, -0.05) is 0 Å². The van der Waals surface area contributed by atoms with Gasteiger partial charge in [0.05, 0.1) is 5.69 Å². The molecule has 1 aliphatic rings. The number of rotatable bonds is 4. The fourth-order valence-electron chi connectivity index (χ4n) is 2.27. The minimum atomic E-state index is 0.507. The largest absolute Gasteiger partial charge is 0.381 e. The molecule has 3 nitrogen and oxygen atoms in total. The van der Waals surface area contributed by atoms with E-state index in [0.29, 0.717) is 6.04 Å². The normalized spacial score (nSPS) is 19.3. The predicted octanol–water partition coefficient (Wildman–Crippen LogP) is 2.70. The van der Waals surface area contributed by atoms with Crippen LogP contribution in [0.1, 0.15) is 26.2 Å². The molecule has 0 bridgehead atoms. The highest BCUT2D eigenvalue weighted by molar-refractivity contribution is 5.40. The van der Waals surface area contributed by atoms with Gasteiger partial charge >= 0.3 is 0 Å². The first kappa shape index (κ1) is 11.4. The van der Waals surface area contributed by atoms with Crippen molar-refractivity contribution in [1.29, 1.82) is 0 Å². The van der Waals surface area contributed by atoms with Gasteiger partial charge in [-0.2, -0.15) is 0 Å². The SMILES string of the molecule is CC(CC1CCOCC1)Nc1cccnc1. The van der Waals surface area contributed by atoms with E-state index in [0.717, 1.165) is 24.8 Å². The molecule has 1 saturated heterocycles. The molecule has 1 atom stereocenters. The Labute approximate surface area is 97.2 Å². The van der Waals surface area contributed by atoms with E-state index in [-0.39, 0.29) is 0 Å². The summed E-state index contributed by atoms with van der Waals surface area (Å²) in [4.78, 5) is 4.10. The van der Waals surface area contributed by atoms with E-state index in [1.54, 1.807) is 6.20 Å². The minimum absolute atomic E-state index is 0.507. The molecule has 2 heterocycles. The molecule has 88 valence electrons. The molecule has 3 heteroatoms. The third-order valence-electron chi connectivity index (χ3n) is 3.10. The number of nitrogens with one attached hydrogen (secondary N) is 1. The van der Waals surface area contributed by atoms with E-state index in [9.17, 15) is 0 Å². The van der Waals surface area contributed by atoms with Gasteiger partial charge in [0.1, 0.15) is 0 Å². The lowest BCUT2D eigenvalue weighted by atomic mass is 9.93. The van der Waals surface area contributed by atoms with Crippen LogP contribution in [0.15, 0.2) is 24.5 Å². The van der Waals surface area contributed by atoms with Crippen LogP contribution in [0.4, 0.5) is 5.69 Å². The lowest BCUT2D eigenvalue weighted by molar-refractivity contribution is 0.0629. The Morgan fingerprint density at radius 1 is 1.50 bits per heavy atom. The number of hydrogen-bond acceptors (Lipinski definition) is 3. The molecule has 0 radical (unpaired) electrons. The Bertz CT molecular complexity index is 296. The van der Waals surface area contributed by atoms with Gasteiger partial charge in [0.25, 0.3) is 0 Å². The molecule has 0 aromatic carbocycles. The van der Waals surface area contributed by atoms with E-state index in [4.69, 9.17) is 4.74 Å². The van der Waals surface area contributed by atoms with Crippen molar-refractivity contribution < 1.29 is 4.74 Å². The van der Waals surface area contributed by atoms with Crippen molar-refractivity contribution in [2.45, 2.75) is 32.2 Å². The Morgan fingerprint density at radius 2 is 2.31 bits per heavy atom. The number of pyridine rings is 1. The standard InChI is InChI=1S/C13H20N2O/c1-11(9-12-4-7-16-8-5-12)15-13-3-2-6-14-10-13/h2-3,6,10-12,15H,4-5,7-9H2,1H3. The first-order valence-corrected chi connectivity index (χ1v) is 6.09. The monoisotopic (exact) mass is 220 g/mol. The van der Waals surface area contributed by atoms with Gasteiger partial charge in [-0.25, -0.2) is 0 Å². The van der Waals surface area contributed by atoms with Crippen LogP contribution in [0.5, 0.6) is 0 Å². The Hall–Kier alpha value is -1.09. The Balaban J connectivity index is 1.77. The molecule has 0 aliphatic carbocycles. The number of aromatic nitrogens is 1. The average molecular weight is 220 g/mol. The molecule has 0 amide bonds. The van der Waals surface area contributed by atoms with Crippen LogP contribution in [-0.2, 0) is 4.74 Å². The minimum Gasteiger partial charge on any atom is -0.381 e. The summed E-state index contributed by atoms with van der Waals surface area (Å²) in [7, 11) is 0. The summed E-state index contributed by atoms with van der Waals surface area (Å²) in [5, 5.41) is 3.49. The Morgan fingerprint density at radius 3 is 3.00 bits per heavy atom. The molecule has 1 aromatic heterocycles. The Kier molecular flexibility index (Phi) is 4.17. The topological polar surface area (TPSA) is 34.1 Å².